The molecule has 0 bridgehead atoms. The van der Waals surface area contributed by atoms with Crippen LogP contribution >= 0.6 is 0 Å². The fraction of sp³-hybridized carbons (Fsp3) is 0.706. The van der Waals surface area contributed by atoms with Crippen LogP contribution in [0, 0.1) is 11.3 Å². The average molecular weight is 264 g/mol. The lowest BCUT2D eigenvalue weighted by Crippen LogP contribution is -2.26. The lowest BCUT2D eigenvalue weighted by molar-refractivity contribution is -0.144. The molecular formula is C17H28O2. The Morgan fingerprint density at radius 1 is 1.58 bits per heavy atom. The molecule has 2 nitrogen and oxygen atoms in total. The Hall–Kier alpha value is -1.05. The molecule has 2 heteroatoms. The van der Waals surface area contributed by atoms with E-state index in [1.54, 1.807) is 0 Å². The molecule has 0 aromatic rings. The number of carbonyl (C=O) groups excluding carboxylic acids is 1. The van der Waals surface area contributed by atoms with E-state index in [9.17, 15) is 4.79 Å². The Labute approximate surface area is 117 Å². The van der Waals surface area contributed by atoms with Gasteiger partial charge in [-0.1, -0.05) is 44.9 Å². The van der Waals surface area contributed by atoms with Crippen LogP contribution in [0.15, 0.2) is 23.8 Å². The van der Waals surface area contributed by atoms with Gasteiger partial charge < -0.3 is 4.74 Å². The van der Waals surface area contributed by atoms with Gasteiger partial charge in [0, 0.05) is 12.8 Å². The first-order chi connectivity index (χ1) is 8.86. The van der Waals surface area contributed by atoms with Gasteiger partial charge in [-0.25, -0.2) is 0 Å². The summed E-state index contributed by atoms with van der Waals surface area (Å²) < 4.78 is 5.34. The summed E-state index contributed by atoms with van der Waals surface area (Å²) in [7, 11) is 0. The molecule has 0 amide bonds. The van der Waals surface area contributed by atoms with E-state index in [1.165, 1.54) is 25.3 Å². The summed E-state index contributed by atoms with van der Waals surface area (Å²) >= 11 is 0. The molecule has 0 fully saturated rings. The highest BCUT2D eigenvalue weighted by Gasteiger charge is 2.30. The first-order valence-electron chi connectivity index (χ1n) is 7.39. The molecule has 0 heterocycles. The molecule has 1 aliphatic rings. The van der Waals surface area contributed by atoms with E-state index >= 15 is 0 Å². The van der Waals surface area contributed by atoms with Crippen molar-refractivity contribution in [2.45, 2.75) is 66.4 Å². The third kappa shape index (κ3) is 4.85. The molecule has 108 valence electrons. The van der Waals surface area contributed by atoms with Crippen LogP contribution in [-0.2, 0) is 9.53 Å². The van der Waals surface area contributed by atoms with Crippen molar-refractivity contribution >= 4 is 5.97 Å². The molecule has 0 aromatic carbocycles. The van der Waals surface area contributed by atoms with Gasteiger partial charge in [0.05, 0.1) is 0 Å². The van der Waals surface area contributed by atoms with Gasteiger partial charge in [-0.2, -0.15) is 0 Å². The monoisotopic (exact) mass is 264 g/mol. The lowest BCUT2D eigenvalue weighted by Gasteiger charge is -2.37. The van der Waals surface area contributed by atoms with E-state index in [0.29, 0.717) is 11.3 Å². The van der Waals surface area contributed by atoms with E-state index in [1.807, 2.05) is 0 Å². The zero-order valence-electron chi connectivity index (χ0n) is 13.0. The van der Waals surface area contributed by atoms with Crippen LogP contribution in [0.1, 0.15) is 60.3 Å². The minimum absolute atomic E-state index is 0.0759. The molecule has 0 aromatic heterocycles. The maximum absolute atomic E-state index is 11.1. The Balaban J connectivity index is 2.78. The van der Waals surface area contributed by atoms with Crippen LogP contribution in [0.25, 0.3) is 0 Å². The zero-order chi connectivity index (χ0) is 14.5. The van der Waals surface area contributed by atoms with Crippen molar-refractivity contribution < 1.29 is 9.53 Å². The molecule has 0 spiro atoms. The van der Waals surface area contributed by atoms with Crippen molar-refractivity contribution in [3.05, 3.63) is 23.8 Å². The molecule has 0 saturated carbocycles. The number of esters is 1. The summed E-state index contributed by atoms with van der Waals surface area (Å²) in [6.07, 6.45) is 10.9. The molecule has 0 radical (unpaired) electrons. The van der Waals surface area contributed by atoms with Gasteiger partial charge >= 0.3 is 5.97 Å². The van der Waals surface area contributed by atoms with E-state index in [4.69, 9.17) is 4.74 Å². The molecule has 1 aliphatic carbocycles. The molecule has 0 aliphatic heterocycles. The van der Waals surface area contributed by atoms with Crippen LogP contribution in [0.4, 0.5) is 0 Å². The summed E-state index contributed by atoms with van der Waals surface area (Å²) in [6.45, 7) is 10.4. The van der Waals surface area contributed by atoms with Gasteiger partial charge in [0.15, 0.2) is 0 Å². The van der Waals surface area contributed by atoms with Gasteiger partial charge in [0.1, 0.15) is 6.10 Å². The minimum atomic E-state index is -0.196. The summed E-state index contributed by atoms with van der Waals surface area (Å²) in [6, 6.07) is 0. The smallest absolute Gasteiger partial charge is 0.303 e. The molecule has 0 unspecified atom stereocenters. The minimum Gasteiger partial charge on any atom is -0.458 e. The number of ether oxygens (including phenoxy) is 1. The summed E-state index contributed by atoms with van der Waals surface area (Å²) in [4.78, 5) is 11.1. The first-order valence-corrected chi connectivity index (χ1v) is 7.39. The number of allylic oxidation sites excluding steroid dienone is 3. The largest absolute Gasteiger partial charge is 0.458 e. The summed E-state index contributed by atoms with van der Waals surface area (Å²) in [5.41, 5.74) is 1.73. The standard InChI is InChI=1S/C17H28O2/c1-6-8-15(19-14(3)18)10-11-16-13(2)9-7-12-17(16,4)5/h9-11,15-16H,6-8,12H2,1-5H3/t15-,16-/m0/s1. The quantitative estimate of drug-likeness (QED) is 0.533. The molecule has 2 atom stereocenters. The van der Waals surface area contributed by atoms with Crippen molar-refractivity contribution in [2.24, 2.45) is 11.3 Å². The normalized spacial score (nSPS) is 24.1. The second-order valence-electron chi connectivity index (χ2n) is 6.27. The fourth-order valence-corrected chi connectivity index (χ4v) is 2.91. The van der Waals surface area contributed by atoms with Crippen LogP contribution in [0.3, 0.4) is 0 Å². The summed E-state index contributed by atoms with van der Waals surface area (Å²) in [5.74, 6) is 0.259. The average Bonchev–Trinajstić information content (AvgIpc) is 2.26. The van der Waals surface area contributed by atoms with Crippen molar-refractivity contribution in [3.8, 4) is 0 Å². The molecule has 0 saturated heterocycles. The van der Waals surface area contributed by atoms with Crippen LogP contribution in [0.5, 0.6) is 0 Å². The maximum atomic E-state index is 11.1. The van der Waals surface area contributed by atoms with Gasteiger partial charge in [0.25, 0.3) is 0 Å². The van der Waals surface area contributed by atoms with Crippen molar-refractivity contribution in [1.29, 1.82) is 0 Å². The number of hydrogen-bond acceptors (Lipinski definition) is 2. The van der Waals surface area contributed by atoms with Crippen LogP contribution < -0.4 is 0 Å². The third-order valence-corrected chi connectivity index (χ3v) is 4.00. The predicted molar refractivity (Wildman–Crippen MR) is 79.9 cm³/mol. The Kier molecular flexibility index (Phi) is 5.84. The van der Waals surface area contributed by atoms with Gasteiger partial charge in [-0.15, -0.1) is 0 Å². The first kappa shape index (κ1) is 16.0. The van der Waals surface area contributed by atoms with Crippen LogP contribution in [0.2, 0.25) is 0 Å². The highest BCUT2D eigenvalue weighted by atomic mass is 16.5. The molecular weight excluding hydrogens is 236 g/mol. The zero-order valence-corrected chi connectivity index (χ0v) is 13.0. The lowest BCUT2D eigenvalue weighted by atomic mass is 9.68. The topological polar surface area (TPSA) is 26.3 Å². The number of rotatable bonds is 5. The Morgan fingerprint density at radius 2 is 2.26 bits per heavy atom. The third-order valence-electron chi connectivity index (χ3n) is 4.00. The Bertz CT molecular complexity index is 363. The van der Waals surface area contributed by atoms with E-state index in [0.717, 1.165) is 12.8 Å². The maximum Gasteiger partial charge on any atom is 0.303 e. The fourth-order valence-electron chi connectivity index (χ4n) is 2.91. The predicted octanol–water partition coefficient (Wildman–Crippen LogP) is 4.66. The SMILES string of the molecule is CCC[C@@H](C=C[C@H]1C(C)=CCCC1(C)C)OC(C)=O. The number of carbonyl (C=O) groups is 1. The van der Waals surface area contributed by atoms with Crippen molar-refractivity contribution in [3.63, 3.8) is 0 Å². The van der Waals surface area contributed by atoms with Gasteiger partial charge in [0.2, 0.25) is 0 Å². The highest BCUT2D eigenvalue weighted by Crippen LogP contribution is 2.41. The summed E-state index contributed by atoms with van der Waals surface area (Å²) in [5, 5.41) is 0. The molecule has 19 heavy (non-hydrogen) atoms. The van der Waals surface area contributed by atoms with E-state index in [2.05, 4.69) is 45.9 Å². The van der Waals surface area contributed by atoms with E-state index in [-0.39, 0.29) is 12.1 Å². The van der Waals surface area contributed by atoms with Crippen LogP contribution in [-0.4, -0.2) is 12.1 Å². The highest BCUT2D eigenvalue weighted by molar-refractivity contribution is 5.66. The van der Waals surface area contributed by atoms with Gasteiger partial charge in [-0.3, -0.25) is 4.79 Å². The molecule has 1 rings (SSSR count). The second-order valence-corrected chi connectivity index (χ2v) is 6.27. The Morgan fingerprint density at radius 3 is 2.79 bits per heavy atom. The molecule has 0 N–H and O–H groups in total. The van der Waals surface area contributed by atoms with E-state index < -0.39 is 0 Å². The second kappa shape index (κ2) is 6.93. The van der Waals surface area contributed by atoms with Crippen molar-refractivity contribution in [1.82, 2.24) is 0 Å². The van der Waals surface area contributed by atoms with Gasteiger partial charge in [-0.05, 0) is 37.7 Å². The van der Waals surface area contributed by atoms with Crippen molar-refractivity contribution in [2.75, 3.05) is 0 Å². The number of hydrogen-bond donors (Lipinski definition) is 0.